The molecule has 6 nitrogen and oxygen atoms in total. The molecule has 130 valence electrons. The summed E-state index contributed by atoms with van der Waals surface area (Å²) in [5.74, 6) is 0. The minimum absolute atomic E-state index is 0.147. The minimum atomic E-state index is -3.61. The van der Waals surface area contributed by atoms with Crippen LogP contribution in [0.1, 0.15) is 38.2 Å². The van der Waals surface area contributed by atoms with E-state index in [0.717, 1.165) is 0 Å². The predicted octanol–water partition coefficient (Wildman–Crippen LogP) is 1.64. The van der Waals surface area contributed by atoms with Crippen LogP contribution in [0, 0.1) is 11.3 Å². The Kier molecular flexibility index (Phi) is 4.43. The van der Waals surface area contributed by atoms with Crippen LogP contribution in [0.3, 0.4) is 0 Å². The van der Waals surface area contributed by atoms with Gasteiger partial charge in [-0.05, 0) is 44.4 Å². The first-order chi connectivity index (χ1) is 11.3. The molecule has 0 saturated carbocycles. The predicted molar refractivity (Wildman–Crippen MR) is 87.7 cm³/mol. The van der Waals surface area contributed by atoms with Crippen LogP contribution in [0.5, 0.6) is 0 Å². The molecule has 1 unspecified atom stereocenters. The summed E-state index contributed by atoms with van der Waals surface area (Å²) >= 11 is 0. The van der Waals surface area contributed by atoms with E-state index in [9.17, 15) is 13.5 Å². The molecule has 2 saturated heterocycles. The Hall–Kier alpha value is -1.46. The molecular weight excluding hydrogens is 328 g/mol. The summed E-state index contributed by atoms with van der Waals surface area (Å²) in [5.41, 5.74) is -0.848. The summed E-state index contributed by atoms with van der Waals surface area (Å²) in [6, 6.07) is 8.06. The monoisotopic (exact) mass is 350 g/mol. The van der Waals surface area contributed by atoms with Crippen molar-refractivity contribution >= 4 is 10.0 Å². The van der Waals surface area contributed by atoms with Crippen LogP contribution in [0.4, 0.5) is 0 Å². The first-order valence-electron chi connectivity index (χ1n) is 8.13. The number of nitrogens with zero attached hydrogens (tertiary/aromatic N) is 2. The molecule has 0 aliphatic carbocycles. The summed E-state index contributed by atoms with van der Waals surface area (Å²) in [7, 11) is -3.61. The van der Waals surface area contributed by atoms with Crippen LogP contribution in [0.15, 0.2) is 29.2 Å². The minimum Gasteiger partial charge on any atom is -0.390 e. The molecule has 2 fully saturated rings. The van der Waals surface area contributed by atoms with Crippen molar-refractivity contribution in [2.24, 2.45) is 0 Å². The number of rotatable bonds is 2. The van der Waals surface area contributed by atoms with Gasteiger partial charge in [-0.2, -0.15) is 9.57 Å². The van der Waals surface area contributed by atoms with Gasteiger partial charge in [-0.1, -0.05) is 6.07 Å². The number of nitriles is 1. The third kappa shape index (κ3) is 3.33. The topological polar surface area (TPSA) is 90.6 Å². The summed E-state index contributed by atoms with van der Waals surface area (Å²) in [4.78, 5) is 0.147. The van der Waals surface area contributed by atoms with E-state index in [1.165, 1.54) is 16.4 Å². The largest absolute Gasteiger partial charge is 0.390 e. The fourth-order valence-corrected chi connectivity index (χ4v) is 5.14. The maximum absolute atomic E-state index is 12.8. The average Bonchev–Trinajstić information content (AvgIpc) is 2.54. The van der Waals surface area contributed by atoms with Crippen molar-refractivity contribution in [3.05, 3.63) is 29.8 Å². The van der Waals surface area contributed by atoms with Gasteiger partial charge < -0.3 is 9.84 Å². The molecule has 2 aliphatic rings. The lowest BCUT2D eigenvalue weighted by Gasteiger charge is -2.47. The van der Waals surface area contributed by atoms with Gasteiger partial charge in [0.1, 0.15) is 0 Å². The lowest BCUT2D eigenvalue weighted by atomic mass is 9.78. The van der Waals surface area contributed by atoms with E-state index in [1.54, 1.807) is 12.1 Å². The van der Waals surface area contributed by atoms with Gasteiger partial charge in [0, 0.05) is 19.5 Å². The lowest BCUT2D eigenvalue weighted by Crippen LogP contribution is -2.54. The molecule has 1 aromatic carbocycles. The van der Waals surface area contributed by atoms with Crippen LogP contribution in [-0.4, -0.2) is 48.7 Å². The quantitative estimate of drug-likeness (QED) is 0.876. The molecule has 24 heavy (non-hydrogen) atoms. The molecule has 0 bridgehead atoms. The molecule has 7 heteroatoms. The zero-order chi connectivity index (χ0) is 17.4. The maximum Gasteiger partial charge on any atom is 0.243 e. The smallest absolute Gasteiger partial charge is 0.243 e. The van der Waals surface area contributed by atoms with Crippen LogP contribution >= 0.6 is 0 Å². The molecule has 0 amide bonds. The zero-order valence-corrected chi connectivity index (χ0v) is 14.6. The fraction of sp³-hybridized carbons (Fsp3) is 0.588. The molecule has 1 aromatic rings. The molecule has 3 rings (SSSR count). The second-order valence-corrected chi connectivity index (χ2v) is 8.94. The third-order valence-corrected chi connectivity index (χ3v) is 6.88. The zero-order valence-electron chi connectivity index (χ0n) is 13.7. The van der Waals surface area contributed by atoms with Crippen LogP contribution in [0.2, 0.25) is 0 Å². The molecule has 1 N–H and O–H groups in total. The maximum atomic E-state index is 12.8. The Morgan fingerprint density at radius 1 is 1.29 bits per heavy atom. The van der Waals surface area contributed by atoms with E-state index < -0.39 is 21.2 Å². The fourth-order valence-electron chi connectivity index (χ4n) is 3.65. The van der Waals surface area contributed by atoms with Crippen molar-refractivity contribution in [2.75, 3.05) is 19.7 Å². The highest BCUT2D eigenvalue weighted by Crippen LogP contribution is 2.40. The summed E-state index contributed by atoms with van der Waals surface area (Å²) in [6.45, 7) is 3.03. The van der Waals surface area contributed by atoms with Crippen LogP contribution in [-0.2, 0) is 14.8 Å². The van der Waals surface area contributed by atoms with Gasteiger partial charge in [-0.3, -0.25) is 0 Å². The van der Waals surface area contributed by atoms with E-state index in [1.807, 2.05) is 13.0 Å². The lowest BCUT2D eigenvalue weighted by molar-refractivity contribution is -0.168. The van der Waals surface area contributed by atoms with E-state index in [4.69, 9.17) is 10.00 Å². The number of sulfonamides is 1. The normalized spacial score (nSPS) is 27.7. The van der Waals surface area contributed by atoms with Gasteiger partial charge >= 0.3 is 0 Å². The van der Waals surface area contributed by atoms with Crippen molar-refractivity contribution in [3.63, 3.8) is 0 Å². The Bertz CT molecular complexity index is 759. The number of aliphatic hydroxyl groups is 1. The summed E-state index contributed by atoms with van der Waals surface area (Å²) in [6.07, 6.45) is 2.29. The first kappa shape index (κ1) is 17.4. The molecule has 1 atom stereocenters. The average molecular weight is 350 g/mol. The van der Waals surface area contributed by atoms with Crippen molar-refractivity contribution in [1.82, 2.24) is 4.31 Å². The van der Waals surface area contributed by atoms with E-state index in [2.05, 4.69) is 0 Å². The third-order valence-electron chi connectivity index (χ3n) is 4.99. The van der Waals surface area contributed by atoms with Crippen molar-refractivity contribution in [2.45, 2.75) is 48.7 Å². The standard InChI is InChI=1S/C17H22N2O4S/c1-16(20)7-10-23-17(13-16)5-8-19(9-6-17)24(21,22)15-4-2-3-14(11-15)12-18/h2-4,11,20H,5-10,13H2,1H3. The van der Waals surface area contributed by atoms with Gasteiger partial charge in [0.05, 0.1) is 34.3 Å². The van der Waals surface area contributed by atoms with Crippen molar-refractivity contribution in [3.8, 4) is 6.07 Å². The molecular formula is C17H22N2O4S. The summed E-state index contributed by atoms with van der Waals surface area (Å²) in [5, 5.41) is 19.3. The van der Waals surface area contributed by atoms with Crippen LogP contribution < -0.4 is 0 Å². The second kappa shape index (κ2) is 6.12. The molecule has 2 heterocycles. The number of ether oxygens (including phenoxy) is 1. The SMILES string of the molecule is CC1(O)CCOC2(CCN(S(=O)(=O)c3cccc(C#N)c3)CC2)C1. The molecule has 1 spiro atoms. The number of benzene rings is 1. The molecule has 0 aromatic heterocycles. The van der Waals surface area contributed by atoms with E-state index >= 15 is 0 Å². The summed E-state index contributed by atoms with van der Waals surface area (Å²) < 4.78 is 32.9. The van der Waals surface area contributed by atoms with Gasteiger partial charge in [0.25, 0.3) is 0 Å². The van der Waals surface area contributed by atoms with Crippen LogP contribution in [0.25, 0.3) is 0 Å². The van der Waals surface area contributed by atoms with Crippen molar-refractivity contribution in [1.29, 1.82) is 5.26 Å². The number of hydrogen-bond donors (Lipinski definition) is 1. The van der Waals surface area contributed by atoms with E-state index in [0.29, 0.717) is 50.9 Å². The molecule has 0 radical (unpaired) electrons. The Labute approximate surface area is 142 Å². The molecule has 2 aliphatic heterocycles. The second-order valence-electron chi connectivity index (χ2n) is 7.00. The highest BCUT2D eigenvalue weighted by Gasteiger charge is 2.46. The van der Waals surface area contributed by atoms with E-state index in [-0.39, 0.29) is 4.90 Å². The Morgan fingerprint density at radius 3 is 2.62 bits per heavy atom. The number of piperidine rings is 1. The van der Waals surface area contributed by atoms with Gasteiger partial charge in [0.15, 0.2) is 0 Å². The van der Waals surface area contributed by atoms with Gasteiger partial charge in [0.2, 0.25) is 10.0 Å². The Morgan fingerprint density at radius 2 is 2.00 bits per heavy atom. The first-order valence-corrected chi connectivity index (χ1v) is 9.57. The Balaban J connectivity index is 1.75. The highest BCUT2D eigenvalue weighted by molar-refractivity contribution is 7.89. The van der Waals surface area contributed by atoms with Gasteiger partial charge in [-0.25, -0.2) is 8.42 Å². The highest BCUT2D eigenvalue weighted by atomic mass is 32.2. The van der Waals surface area contributed by atoms with Crippen molar-refractivity contribution < 1.29 is 18.3 Å². The van der Waals surface area contributed by atoms with Gasteiger partial charge in [-0.15, -0.1) is 0 Å². The number of hydrogen-bond acceptors (Lipinski definition) is 5.